The highest BCUT2D eigenvalue weighted by molar-refractivity contribution is 6.31. The molecule has 2 N–H and O–H groups in total. The summed E-state index contributed by atoms with van der Waals surface area (Å²) in [6.45, 7) is 2.00. The van der Waals surface area contributed by atoms with E-state index in [-0.39, 0.29) is 18.4 Å². The van der Waals surface area contributed by atoms with Crippen molar-refractivity contribution in [3.8, 4) is 5.75 Å². The first-order chi connectivity index (χ1) is 9.09. The van der Waals surface area contributed by atoms with E-state index in [4.69, 9.17) is 22.1 Å². The van der Waals surface area contributed by atoms with E-state index in [1.165, 1.54) is 6.07 Å². The van der Waals surface area contributed by atoms with Gasteiger partial charge in [-0.05, 0) is 19.1 Å². The van der Waals surface area contributed by atoms with E-state index in [1.807, 2.05) is 18.2 Å². The van der Waals surface area contributed by atoms with E-state index < -0.39 is 5.82 Å². The first-order valence-electron chi connectivity index (χ1n) is 6.00. The quantitative estimate of drug-likeness (QED) is 0.915. The first kappa shape index (κ1) is 13.8. The van der Waals surface area contributed by atoms with E-state index in [9.17, 15) is 4.39 Å². The zero-order chi connectivity index (χ0) is 13.8. The van der Waals surface area contributed by atoms with Crippen molar-refractivity contribution in [3.05, 3.63) is 64.4 Å². The minimum atomic E-state index is -0.415. The molecule has 0 aliphatic heterocycles. The molecule has 19 heavy (non-hydrogen) atoms. The molecule has 0 spiro atoms. The molecule has 100 valence electrons. The zero-order valence-corrected chi connectivity index (χ0v) is 11.3. The lowest BCUT2D eigenvalue weighted by Crippen LogP contribution is -2.09. The number of hydrogen-bond donors (Lipinski definition) is 1. The average Bonchev–Trinajstić information content (AvgIpc) is 2.38. The van der Waals surface area contributed by atoms with Crippen molar-refractivity contribution in [1.29, 1.82) is 0 Å². The molecule has 0 aliphatic carbocycles. The molecule has 0 aromatic heterocycles. The molecule has 2 nitrogen and oxygen atoms in total. The number of halogens is 2. The lowest BCUT2D eigenvalue weighted by atomic mass is 10.1. The monoisotopic (exact) mass is 279 g/mol. The van der Waals surface area contributed by atoms with Gasteiger partial charge in [-0.3, -0.25) is 0 Å². The van der Waals surface area contributed by atoms with Gasteiger partial charge in [-0.25, -0.2) is 4.39 Å². The summed E-state index contributed by atoms with van der Waals surface area (Å²) in [5.41, 5.74) is 7.26. The van der Waals surface area contributed by atoms with Crippen molar-refractivity contribution in [2.45, 2.75) is 19.6 Å². The molecular weight excluding hydrogens is 265 g/mol. The molecule has 0 bridgehead atoms. The number of hydrogen-bond acceptors (Lipinski definition) is 2. The molecule has 0 unspecified atom stereocenters. The third kappa shape index (κ3) is 3.25. The Morgan fingerprint density at radius 1 is 1.21 bits per heavy atom. The van der Waals surface area contributed by atoms with Gasteiger partial charge in [-0.2, -0.15) is 0 Å². The van der Waals surface area contributed by atoms with E-state index in [0.717, 1.165) is 5.56 Å². The molecule has 0 aliphatic rings. The van der Waals surface area contributed by atoms with Gasteiger partial charge in [0.2, 0.25) is 0 Å². The largest absolute Gasteiger partial charge is 0.485 e. The molecule has 0 fully saturated rings. The van der Waals surface area contributed by atoms with E-state index >= 15 is 0 Å². The molecule has 0 heterocycles. The van der Waals surface area contributed by atoms with Gasteiger partial charge < -0.3 is 10.5 Å². The van der Waals surface area contributed by atoms with Crippen LogP contribution in [0.25, 0.3) is 0 Å². The van der Waals surface area contributed by atoms with Crippen LogP contribution in [-0.4, -0.2) is 0 Å². The van der Waals surface area contributed by atoms with Crippen molar-refractivity contribution in [1.82, 2.24) is 0 Å². The van der Waals surface area contributed by atoms with E-state index in [2.05, 4.69) is 0 Å². The normalized spacial score (nSPS) is 12.2. The minimum Gasteiger partial charge on any atom is -0.485 e. The van der Waals surface area contributed by atoms with Crippen LogP contribution in [0.3, 0.4) is 0 Å². The highest BCUT2D eigenvalue weighted by Gasteiger charge is 2.13. The van der Waals surface area contributed by atoms with Crippen LogP contribution >= 0.6 is 11.6 Å². The topological polar surface area (TPSA) is 35.2 Å². The fourth-order valence-electron chi connectivity index (χ4n) is 1.80. The third-order valence-electron chi connectivity index (χ3n) is 2.82. The van der Waals surface area contributed by atoms with Crippen LogP contribution in [-0.2, 0) is 6.61 Å². The van der Waals surface area contributed by atoms with Gasteiger partial charge in [0.25, 0.3) is 0 Å². The fourth-order valence-corrected chi connectivity index (χ4v) is 1.99. The Balaban J connectivity index is 2.22. The summed E-state index contributed by atoms with van der Waals surface area (Å²) in [4.78, 5) is 0. The smallest absolute Gasteiger partial charge is 0.165 e. The Morgan fingerprint density at radius 3 is 2.63 bits per heavy atom. The van der Waals surface area contributed by atoms with Gasteiger partial charge in [0, 0.05) is 22.2 Å². The average molecular weight is 280 g/mol. The molecule has 2 aromatic rings. The highest BCUT2D eigenvalue weighted by Crippen LogP contribution is 2.28. The summed E-state index contributed by atoms with van der Waals surface area (Å²) in [6.07, 6.45) is 0. The van der Waals surface area contributed by atoms with Crippen molar-refractivity contribution in [3.63, 3.8) is 0 Å². The molecule has 0 saturated heterocycles. The van der Waals surface area contributed by atoms with Crippen molar-refractivity contribution < 1.29 is 9.13 Å². The molecule has 2 rings (SSSR count). The van der Waals surface area contributed by atoms with Crippen molar-refractivity contribution in [2.75, 3.05) is 0 Å². The summed E-state index contributed by atoms with van der Waals surface area (Å²) in [7, 11) is 0. The number of ether oxygens (including phenoxy) is 1. The van der Waals surface area contributed by atoms with Crippen LogP contribution in [0.5, 0.6) is 5.75 Å². The Kier molecular flexibility index (Phi) is 4.40. The predicted molar refractivity (Wildman–Crippen MR) is 74.8 cm³/mol. The van der Waals surface area contributed by atoms with Gasteiger partial charge in [0.15, 0.2) is 11.6 Å². The summed E-state index contributed by atoms with van der Waals surface area (Å²) in [5.74, 6) is -0.223. The van der Waals surface area contributed by atoms with Gasteiger partial charge in [-0.15, -0.1) is 0 Å². The second kappa shape index (κ2) is 6.04. The van der Waals surface area contributed by atoms with Gasteiger partial charge in [-0.1, -0.05) is 41.9 Å². The Labute approximate surface area is 117 Å². The van der Waals surface area contributed by atoms with E-state index in [1.54, 1.807) is 25.1 Å². The summed E-state index contributed by atoms with van der Waals surface area (Å²) >= 11 is 6.03. The third-order valence-corrected chi connectivity index (χ3v) is 3.19. The number of benzene rings is 2. The minimum absolute atomic E-state index is 0.192. The van der Waals surface area contributed by atoms with Gasteiger partial charge in [0.1, 0.15) is 6.61 Å². The maximum Gasteiger partial charge on any atom is 0.165 e. The second-order valence-corrected chi connectivity index (χ2v) is 4.73. The standard InChI is InChI=1S/C15H15ClFNO/c1-10(18)12-6-4-8-14(17)15(12)19-9-11-5-2-3-7-13(11)16/h2-8,10H,9,18H2,1H3/t10-/m0/s1. The molecule has 1 atom stereocenters. The predicted octanol–water partition coefficient (Wildman–Crippen LogP) is 4.08. The Bertz CT molecular complexity index is 572. The maximum absolute atomic E-state index is 13.8. The lowest BCUT2D eigenvalue weighted by molar-refractivity contribution is 0.285. The molecule has 0 saturated carbocycles. The number of nitrogens with two attached hydrogens (primary N) is 1. The van der Waals surface area contributed by atoms with Gasteiger partial charge in [0.05, 0.1) is 0 Å². The molecule has 2 aromatic carbocycles. The van der Waals surface area contributed by atoms with Crippen LogP contribution in [0.4, 0.5) is 4.39 Å². The van der Waals surface area contributed by atoms with Crippen LogP contribution in [0.1, 0.15) is 24.1 Å². The second-order valence-electron chi connectivity index (χ2n) is 4.33. The molecule has 4 heteroatoms. The fraction of sp³-hybridized carbons (Fsp3) is 0.200. The van der Waals surface area contributed by atoms with E-state index in [0.29, 0.717) is 10.6 Å². The summed E-state index contributed by atoms with van der Waals surface area (Å²) < 4.78 is 19.4. The lowest BCUT2D eigenvalue weighted by Gasteiger charge is -2.15. The van der Waals surface area contributed by atoms with Crippen molar-refractivity contribution >= 4 is 11.6 Å². The maximum atomic E-state index is 13.8. The van der Waals surface area contributed by atoms with Gasteiger partial charge >= 0.3 is 0 Å². The number of para-hydroxylation sites is 1. The Morgan fingerprint density at radius 2 is 1.95 bits per heavy atom. The molecular formula is C15H15ClFNO. The summed E-state index contributed by atoms with van der Waals surface area (Å²) in [6, 6.07) is 11.8. The van der Waals surface area contributed by atoms with Crippen LogP contribution in [0, 0.1) is 5.82 Å². The highest BCUT2D eigenvalue weighted by atomic mass is 35.5. The summed E-state index contributed by atoms with van der Waals surface area (Å²) in [5, 5.41) is 0.598. The first-order valence-corrected chi connectivity index (χ1v) is 6.37. The Hall–Kier alpha value is -1.58. The van der Waals surface area contributed by atoms with Crippen LogP contribution < -0.4 is 10.5 Å². The SMILES string of the molecule is C[C@H](N)c1cccc(F)c1OCc1ccccc1Cl. The number of rotatable bonds is 4. The van der Waals surface area contributed by atoms with Crippen LogP contribution in [0.2, 0.25) is 5.02 Å². The molecule has 0 amide bonds. The van der Waals surface area contributed by atoms with Crippen molar-refractivity contribution in [2.24, 2.45) is 5.73 Å². The molecule has 0 radical (unpaired) electrons. The van der Waals surface area contributed by atoms with Crippen LogP contribution in [0.15, 0.2) is 42.5 Å². The zero-order valence-electron chi connectivity index (χ0n) is 10.6.